The first kappa shape index (κ1) is 21.8. The molecule has 158 valence electrons. The molecule has 0 unspecified atom stereocenters. The highest BCUT2D eigenvalue weighted by Crippen LogP contribution is 2.27. The molecule has 0 aliphatic rings. The molecule has 0 spiro atoms. The Balaban J connectivity index is 1.69. The highest BCUT2D eigenvalue weighted by atomic mass is 16.5. The van der Waals surface area contributed by atoms with Gasteiger partial charge in [-0.25, -0.2) is 4.98 Å². The van der Waals surface area contributed by atoms with E-state index in [-0.39, 0.29) is 5.91 Å². The fraction of sp³-hybridized carbons (Fsp3) is 0.250. The van der Waals surface area contributed by atoms with Crippen molar-refractivity contribution < 1.29 is 14.3 Å². The monoisotopic (exact) mass is 416 g/mol. The van der Waals surface area contributed by atoms with Gasteiger partial charge < -0.3 is 14.8 Å². The number of hydrogen-bond donors (Lipinski definition) is 1. The minimum Gasteiger partial charge on any atom is -0.490 e. The van der Waals surface area contributed by atoms with Gasteiger partial charge in [0, 0.05) is 36.1 Å². The van der Waals surface area contributed by atoms with E-state index in [4.69, 9.17) is 14.7 Å². The molecule has 3 rings (SSSR count). The van der Waals surface area contributed by atoms with Crippen molar-refractivity contribution in [1.82, 2.24) is 9.97 Å². The van der Waals surface area contributed by atoms with E-state index in [0.717, 1.165) is 22.4 Å². The van der Waals surface area contributed by atoms with Gasteiger partial charge in [-0.15, -0.1) is 0 Å². The third-order valence-electron chi connectivity index (χ3n) is 4.52. The van der Waals surface area contributed by atoms with E-state index < -0.39 is 0 Å². The topological polar surface area (TPSA) is 97.1 Å². The summed E-state index contributed by atoms with van der Waals surface area (Å²) in [5.74, 6) is 1.28. The lowest BCUT2D eigenvalue weighted by molar-refractivity contribution is 0.102. The van der Waals surface area contributed by atoms with Crippen molar-refractivity contribution in [2.75, 3.05) is 11.9 Å². The molecule has 0 fully saturated rings. The zero-order valence-corrected chi connectivity index (χ0v) is 17.6. The second-order valence-corrected chi connectivity index (χ2v) is 7.00. The van der Waals surface area contributed by atoms with Crippen molar-refractivity contribution in [2.24, 2.45) is 0 Å². The summed E-state index contributed by atoms with van der Waals surface area (Å²) in [5.41, 5.74) is 3.21. The molecule has 0 atom stereocenters. The molecule has 0 saturated heterocycles. The largest absolute Gasteiger partial charge is 0.490 e. The van der Waals surface area contributed by atoms with Gasteiger partial charge in [-0.05, 0) is 61.7 Å². The van der Waals surface area contributed by atoms with Gasteiger partial charge in [0.1, 0.15) is 12.4 Å². The molecule has 0 radical (unpaired) electrons. The first-order chi connectivity index (χ1) is 15.1. The number of nitriles is 1. The number of amides is 1. The van der Waals surface area contributed by atoms with Gasteiger partial charge in [-0.3, -0.25) is 9.78 Å². The van der Waals surface area contributed by atoms with Crippen LogP contribution in [0.1, 0.15) is 39.9 Å². The van der Waals surface area contributed by atoms with Gasteiger partial charge in [-0.1, -0.05) is 6.07 Å². The molecular weight excluding hydrogens is 392 g/mol. The lowest BCUT2D eigenvalue weighted by Crippen LogP contribution is -2.15. The normalized spacial score (nSPS) is 10.2. The van der Waals surface area contributed by atoms with Gasteiger partial charge in [0.25, 0.3) is 5.91 Å². The number of carbonyl (C=O) groups excluding carboxylic acids is 1. The van der Waals surface area contributed by atoms with Crippen LogP contribution in [0.2, 0.25) is 0 Å². The Morgan fingerprint density at radius 2 is 1.90 bits per heavy atom. The Hall–Kier alpha value is -3.92. The molecule has 31 heavy (non-hydrogen) atoms. The quantitative estimate of drug-likeness (QED) is 0.512. The van der Waals surface area contributed by atoms with Crippen LogP contribution in [0, 0.1) is 25.2 Å². The lowest BCUT2D eigenvalue weighted by atomic mass is 10.0. The Bertz CT molecular complexity index is 1050. The second kappa shape index (κ2) is 10.7. The zero-order chi connectivity index (χ0) is 22.1. The molecule has 1 aromatic carbocycles. The van der Waals surface area contributed by atoms with Crippen LogP contribution in [0.4, 0.5) is 5.82 Å². The fourth-order valence-electron chi connectivity index (χ4n) is 3.06. The summed E-state index contributed by atoms with van der Waals surface area (Å²) in [4.78, 5) is 21.1. The molecule has 0 aliphatic heterocycles. The molecule has 0 saturated carbocycles. The lowest BCUT2D eigenvalue weighted by Gasteiger charge is -2.15. The fourth-order valence-corrected chi connectivity index (χ4v) is 3.06. The summed E-state index contributed by atoms with van der Waals surface area (Å²) in [6, 6.07) is 12.9. The predicted octanol–water partition coefficient (Wildman–Crippen LogP) is 4.61. The molecular formula is C24H24N4O3. The Labute approximate surface area is 181 Å². The molecule has 0 aliphatic carbocycles. The van der Waals surface area contributed by atoms with Crippen LogP contribution in [0.3, 0.4) is 0 Å². The van der Waals surface area contributed by atoms with E-state index in [0.29, 0.717) is 43.2 Å². The zero-order valence-electron chi connectivity index (χ0n) is 17.6. The van der Waals surface area contributed by atoms with Crippen molar-refractivity contribution in [3.05, 3.63) is 77.2 Å². The minimum atomic E-state index is -0.286. The maximum atomic E-state index is 12.8. The third kappa shape index (κ3) is 6.03. The van der Waals surface area contributed by atoms with E-state index in [9.17, 15) is 4.79 Å². The van der Waals surface area contributed by atoms with Crippen LogP contribution < -0.4 is 14.8 Å². The average Bonchev–Trinajstić information content (AvgIpc) is 2.77. The number of aromatic nitrogens is 2. The Morgan fingerprint density at radius 1 is 1.13 bits per heavy atom. The average molecular weight is 416 g/mol. The van der Waals surface area contributed by atoms with Crippen molar-refractivity contribution in [2.45, 2.75) is 33.3 Å². The number of nitrogens with zero attached hydrogens (tertiary/aromatic N) is 3. The summed E-state index contributed by atoms with van der Waals surface area (Å²) < 4.78 is 11.6. The summed E-state index contributed by atoms with van der Waals surface area (Å²) in [6.45, 7) is 4.60. The second-order valence-electron chi connectivity index (χ2n) is 7.00. The van der Waals surface area contributed by atoms with E-state index in [1.54, 1.807) is 42.9 Å². The van der Waals surface area contributed by atoms with Crippen molar-refractivity contribution in [3.8, 4) is 17.6 Å². The number of unbranched alkanes of at least 4 members (excludes halogenated alkanes) is 1. The van der Waals surface area contributed by atoms with Crippen LogP contribution in [-0.2, 0) is 6.61 Å². The van der Waals surface area contributed by atoms with Crippen molar-refractivity contribution >= 4 is 11.7 Å². The van der Waals surface area contributed by atoms with Crippen LogP contribution in [0.15, 0.2) is 55.0 Å². The van der Waals surface area contributed by atoms with Gasteiger partial charge in [-0.2, -0.15) is 5.26 Å². The van der Waals surface area contributed by atoms with Crippen LogP contribution in [0.25, 0.3) is 0 Å². The van der Waals surface area contributed by atoms with Crippen LogP contribution >= 0.6 is 0 Å². The number of rotatable bonds is 9. The number of ether oxygens (including phenoxy) is 2. The molecule has 1 N–H and O–H groups in total. The minimum absolute atomic E-state index is 0.286. The highest BCUT2D eigenvalue weighted by molar-refractivity contribution is 6.04. The number of aryl methyl sites for hydroxylation is 2. The number of pyridine rings is 2. The number of benzene rings is 1. The van der Waals surface area contributed by atoms with Gasteiger partial charge in [0.15, 0.2) is 11.6 Å². The highest BCUT2D eigenvalue weighted by Gasteiger charge is 2.15. The summed E-state index contributed by atoms with van der Waals surface area (Å²) in [6.07, 6.45) is 6.09. The number of hydrogen-bond acceptors (Lipinski definition) is 6. The van der Waals surface area contributed by atoms with E-state index in [1.165, 1.54) is 0 Å². The first-order valence-electron chi connectivity index (χ1n) is 9.97. The van der Waals surface area contributed by atoms with Crippen LogP contribution in [-0.4, -0.2) is 22.5 Å². The third-order valence-corrected chi connectivity index (χ3v) is 4.52. The maximum absolute atomic E-state index is 12.8. The van der Waals surface area contributed by atoms with Crippen LogP contribution in [0.5, 0.6) is 11.5 Å². The van der Waals surface area contributed by atoms with E-state index >= 15 is 0 Å². The molecule has 1 amide bonds. The Kier molecular flexibility index (Phi) is 7.55. The van der Waals surface area contributed by atoms with Gasteiger partial charge >= 0.3 is 0 Å². The molecule has 2 aromatic heterocycles. The standard InChI is InChI=1S/C24H24N4O3/c1-17-13-20(14-18(2)22(17)31-16-19-7-5-10-26-15-19)24(29)28-23-21(8-6-11-27-23)30-12-4-3-9-25/h5-8,10-11,13-15H,3-4,12,16H2,1-2H3,(H,27,28,29). The van der Waals surface area contributed by atoms with E-state index in [2.05, 4.69) is 21.4 Å². The number of anilines is 1. The SMILES string of the molecule is Cc1cc(C(=O)Nc2ncccc2OCCCC#N)cc(C)c1OCc1cccnc1. The summed E-state index contributed by atoms with van der Waals surface area (Å²) in [5, 5.41) is 11.4. The summed E-state index contributed by atoms with van der Waals surface area (Å²) >= 11 is 0. The molecule has 7 nitrogen and oxygen atoms in total. The maximum Gasteiger partial charge on any atom is 0.256 e. The molecule has 2 heterocycles. The van der Waals surface area contributed by atoms with E-state index in [1.807, 2.05) is 26.0 Å². The summed E-state index contributed by atoms with van der Waals surface area (Å²) in [7, 11) is 0. The molecule has 7 heteroatoms. The predicted molar refractivity (Wildman–Crippen MR) is 117 cm³/mol. The molecule has 3 aromatic rings. The smallest absolute Gasteiger partial charge is 0.256 e. The van der Waals surface area contributed by atoms with Gasteiger partial charge in [0.2, 0.25) is 0 Å². The number of nitrogens with one attached hydrogen (secondary N) is 1. The van der Waals surface area contributed by atoms with Gasteiger partial charge in [0.05, 0.1) is 12.7 Å². The van der Waals surface area contributed by atoms with Crippen molar-refractivity contribution in [3.63, 3.8) is 0 Å². The number of carbonyl (C=O) groups is 1. The Morgan fingerprint density at radius 3 is 2.61 bits per heavy atom. The molecule has 0 bridgehead atoms. The first-order valence-corrected chi connectivity index (χ1v) is 9.97. The van der Waals surface area contributed by atoms with Crippen molar-refractivity contribution in [1.29, 1.82) is 5.26 Å².